The van der Waals surface area contributed by atoms with Gasteiger partial charge in [-0.3, -0.25) is 0 Å². The third-order valence-electron chi connectivity index (χ3n) is 3.51. The summed E-state index contributed by atoms with van der Waals surface area (Å²) in [5.41, 5.74) is 1.20. The third kappa shape index (κ3) is 3.56. The van der Waals surface area contributed by atoms with Crippen molar-refractivity contribution in [3.05, 3.63) is 54.1 Å². The fourth-order valence-electron chi connectivity index (χ4n) is 2.24. The van der Waals surface area contributed by atoms with Crippen molar-refractivity contribution in [3.8, 4) is 0 Å². The highest BCUT2D eigenvalue weighted by Crippen LogP contribution is 2.17. The van der Waals surface area contributed by atoms with Gasteiger partial charge in [-0.05, 0) is 18.5 Å². The fourth-order valence-corrected chi connectivity index (χ4v) is 2.24. The van der Waals surface area contributed by atoms with Gasteiger partial charge in [0.05, 0.1) is 6.10 Å². The van der Waals surface area contributed by atoms with Gasteiger partial charge in [-0.15, -0.1) is 0 Å². The molecule has 0 amide bonds. The van der Waals surface area contributed by atoms with Gasteiger partial charge in [-0.1, -0.05) is 61.6 Å². The van der Waals surface area contributed by atoms with Gasteiger partial charge in [-0.2, -0.15) is 0 Å². The van der Waals surface area contributed by atoms with Gasteiger partial charge in [0, 0.05) is 12.0 Å². The molecule has 2 rings (SSSR count). The second kappa shape index (κ2) is 6.53. The van der Waals surface area contributed by atoms with E-state index in [2.05, 4.69) is 42.6 Å². The molecule has 1 fully saturated rings. The van der Waals surface area contributed by atoms with Crippen molar-refractivity contribution in [2.45, 2.75) is 25.5 Å². The van der Waals surface area contributed by atoms with E-state index < -0.39 is 0 Å². The van der Waals surface area contributed by atoms with Crippen molar-refractivity contribution in [2.24, 2.45) is 5.92 Å². The van der Waals surface area contributed by atoms with Gasteiger partial charge in [0.2, 0.25) is 0 Å². The Balaban J connectivity index is 1.89. The molecule has 1 aliphatic heterocycles. The SMILES string of the molecule is CC1C(O)CCNC1C=CC=Cc1ccccc1. The lowest BCUT2D eigenvalue weighted by Gasteiger charge is -2.32. The quantitative estimate of drug-likeness (QED) is 0.800. The summed E-state index contributed by atoms with van der Waals surface area (Å²) < 4.78 is 0. The maximum absolute atomic E-state index is 9.79. The Hall–Kier alpha value is -1.38. The topological polar surface area (TPSA) is 32.3 Å². The van der Waals surface area contributed by atoms with E-state index in [-0.39, 0.29) is 18.1 Å². The predicted octanol–water partition coefficient (Wildman–Crippen LogP) is 2.61. The minimum atomic E-state index is -0.181. The molecule has 0 bridgehead atoms. The van der Waals surface area contributed by atoms with Crippen LogP contribution in [-0.4, -0.2) is 23.8 Å². The van der Waals surface area contributed by atoms with Gasteiger partial charge in [0.25, 0.3) is 0 Å². The summed E-state index contributed by atoms with van der Waals surface area (Å²) in [4.78, 5) is 0. The summed E-state index contributed by atoms with van der Waals surface area (Å²) in [6, 6.07) is 10.5. The van der Waals surface area contributed by atoms with E-state index in [1.54, 1.807) is 0 Å². The first-order valence-corrected chi connectivity index (χ1v) is 6.59. The lowest BCUT2D eigenvalue weighted by Crippen LogP contribution is -2.46. The molecule has 96 valence electrons. The van der Waals surface area contributed by atoms with E-state index in [1.807, 2.05) is 24.3 Å². The molecule has 1 heterocycles. The zero-order valence-electron chi connectivity index (χ0n) is 10.8. The molecule has 1 aromatic rings. The maximum atomic E-state index is 9.79. The molecule has 0 saturated carbocycles. The standard InChI is InChI=1S/C16H21NO/c1-13-15(17-12-11-16(13)18)10-6-5-9-14-7-3-2-4-8-14/h2-10,13,15-18H,11-12H2,1H3. The van der Waals surface area contributed by atoms with Gasteiger partial charge >= 0.3 is 0 Å². The Bertz CT molecular complexity index is 410. The molecule has 2 nitrogen and oxygen atoms in total. The van der Waals surface area contributed by atoms with E-state index in [1.165, 1.54) is 5.56 Å². The second-order valence-electron chi connectivity index (χ2n) is 4.85. The number of hydrogen-bond acceptors (Lipinski definition) is 2. The third-order valence-corrected chi connectivity index (χ3v) is 3.51. The molecule has 18 heavy (non-hydrogen) atoms. The van der Waals surface area contributed by atoms with Gasteiger partial charge < -0.3 is 10.4 Å². The number of allylic oxidation sites excluding steroid dienone is 2. The van der Waals surface area contributed by atoms with E-state index >= 15 is 0 Å². The highest BCUT2D eigenvalue weighted by atomic mass is 16.3. The largest absolute Gasteiger partial charge is 0.393 e. The van der Waals surface area contributed by atoms with Crippen LogP contribution < -0.4 is 5.32 Å². The highest BCUT2D eigenvalue weighted by Gasteiger charge is 2.25. The summed E-state index contributed by atoms with van der Waals surface area (Å²) in [5.74, 6) is 0.278. The van der Waals surface area contributed by atoms with Gasteiger partial charge in [0.1, 0.15) is 0 Å². The molecule has 0 spiro atoms. The molecule has 3 atom stereocenters. The fraction of sp³-hybridized carbons (Fsp3) is 0.375. The van der Waals surface area contributed by atoms with Crippen LogP contribution in [0, 0.1) is 5.92 Å². The zero-order chi connectivity index (χ0) is 12.8. The summed E-state index contributed by atoms with van der Waals surface area (Å²) >= 11 is 0. The van der Waals surface area contributed by atoms with E-state index in [0.29, 0.717) is 0 Å². The average molecular weight is 243 g/mol. The van der Waals surface area contributed by atoms with Crippen molar-refractivity contribution in [3.63, 3.8) is 0 Å². The molecule has 1 aromatic carbocycles. The smallest absolute Gasteiger partial charge is 0.0595 e. The number of aliphatic hydroxyl groups excluding tert-OH is 1. The molecule has 0 aliphatic carbocycles. The summed E-state index contributed by atoms with van der Waals surface area (Å²) in [6.45, 7) is 2.98. The average Bonchev–Trinajstić information content (AvgIpc) is 2.40. The van der Waals surface area contributed by atoms with Crippen LogP contribution in [0.4, 0.5) is 0 Å². The number of piperidine rings is 1. The first-order valence-electron chi connectivity index (χ1n) is 6.59. The Kier molecular flexibility index (Phi) is 4.73. The van der Waals surface area contributed by atoms with Crippen LogP contribution in [0.5, 0.6) is 0 Å². The van der Waals surface area contributed by atoms with Crippen LogP contribution in [0.2, 0.25) is 0 Å². The number of nitrogens with one attached hydrogen (secondary N) is 1. The molecular formula is C16H21NO. The van der Waals surface area contributed by atoms with Crippen LogP contribution in [0.25, 0.3) is 6.08 Å². The molecule has 2 N–H and O–H groups in total. The van der Waals surface area contributed by atoms with Crippen molar-refractivity contribution >= 4 is 6.08 Å². The maximum Gasteiger partial charge on any atom is 0.0595 e. The summed E-state index contributed by atoms with van der Waals surface area (Å²) in [6.07, 6.45) is 8.99. The Morgan fingerprint density at radius 2 is 2.00 bits per heavy atom. The molecule has 0 aromatic heterocycles. The van der Waals surface area contributed by atoms with Crippen LogP contribution in [0.1, 0.15) is 18.9 Å². The monoisotopic (exact) mass is 243 g/mol. The lowest BCUT2D eigenvalue weighted by molar-refractivity contribution is 0.0726. The zero-order valence-corrected chi connectivity index (χ0v) is 10.8. The highest BCUT2D eigenvalue weighted by molar-refractivity contribution is 5.50. The van der Waals surface area contributed by atoms with Crippen LogP contribution in [0.15, 0.2) is 48.6 Å². The van der Waals surface area contributed by atoms with Crippen molar-refractivity contribution in [2.75, 3.05) is 6.54 Å². The molecule has 1 aliphatic rings. The minimum absolute atomic E-state index is 0.181. The predicted molar refractivity (Wildman–Crippen MR) is 76.2 cm³/mol. The molecule has 2 heteroatoms. The van der Waals surface area contributed by atoms with Crippen LogP contribution >= 0.6 is 0 Å². The van der Waals surface area contributed by atoms with Crippen molar-refractivity contribution < 1.29 is 5.11 Å². The molecular weight excluding hydrogens is 222 g/mol. The normalized spacial score (nSPS) is 29.1. The van der Waals surface area contributed by atoms with Gasteiger partial charge in [0.15, 0.2) is 0 Å². The Morgan fingerprint density at radius 3 is 2.78 bits per heavy atom. The number of rotatable bonds is 3. The van der Waals surface area contributed by atoms with Crippen LogP contribution in [0.3, 0.4) is 0 Å². The van der Waals surface area contributed by atoms with E-state index in [9.17, 15) is 5.11 Å². The Labute approximate surface area is 109 Å². The molecule has 1 saturated heterocycles. The van der Waals surface area contributed by atoms with Crippen LogP contribution in [-0.2, 0) is 0 Å². The van der Waals surface area contributed by atoms with E-state index in [4.69, 9.17) is 0 Å². The van der Waals surface area contributed by atoms with Crippen molar-refractivity contribution in [1.29, 1.82) is 0 Å². The number of hydrogen-bond donors (Lipinski definition) is 2. The minimum Gasteiger partial charge on any atom is -0.393 e. The van der Waals surface area contributed by atoms with E-state index in [0.717, 1.165) is 13.0 Å². The van der Waals surface area contributed by atoms with Crippen molar-refractivity contribution in [1.82, 2.24) is 5.32 Å². The van der Waals surface area contributed by atoms with Gasteiger partial charge in [-0.25, -0.2) is 0 Å². The lowest BCUT2D eigenvalue weighted by atomic mass is 9.89. The molecule has 0 radical (unpaired) electrons. The number of aliphatic hydroxyl groups is 1. The Morgan fingerprint density at radius 1 is 1.22 bits per heavy atom. The summed E-state index contributed by atoms with van der Waals surface area (Å²) in [5, 5.41) is 13.2. The number of benzene rings is 1. The first kappa shape index (κ1) is 13.1. The summed E-state index contributed by atoms with van der Waals surface area (Å²) in [7, 11) is 0. The molecule has 3 unspecified atom stereocenters. The second-order valence-corrected chi connectivity index (χ2v) is 4.85. The first-order chi connectivity index (χ1) is 8.77.